The Morgan fingerprint density at radius 3 is 2.55 bits per heavy atom. The number of hydrogen-bond acceptors (Lipinski definition) is 7. The van der Waals surface area contributed by atoms with Crippen LogP contribution < -0.4 is 0 Å². The molecule has 2 aliphatic rings. The van der Waals surface area contributed by atoms with Crippen molar-refractivity contribution in [3.63, 3.8) is 0 Å². The first-order chi connectivity index (χ1) is 13.5. The van der Waals surface area contributed by atoms with Gasteiger partial charge in [-0.1, -0.05) is 6.92 Å². The van der Waals surface area contributed by atoms with Crippen molar-refractivity contribution in [2.24, 2.45) is 17.3 Å². The Kier molecular flexibility index (Phi) is 8.07. The summed E-state index contributed by atoms with van der Waals surface area (Å²) in [4.78, 5) is 23.1. The topological polar surface area (TPSA) is 134 Å². The van der Waals surface area contributed by atoms with Crippen LogP contribution in [0.25, 0.3) is 0 Å². The lowest BCUT2D eigenvalue weighted by molar-refractivity contribution is -0.158. The Labute approximate surface area is 172 Å². The molecule has 0 saturated carbocycles. The fraction of sp³-hybridized carbons (Fsp3) is 0.905. The number of ether oxygens (including phenoxy) is 2. The van der Waals surface area contributed by atoms with E-state index >= 15 is 0 Å². The Morgan fingerprint density at radius 1 is 1.28 bits per heavy atom. The molecule has 2 aliphatic heterocycles. The molecule has 2 rings (SSSR count). The highest BCUT2D eigenvalue weighted by Crippen LogP contribution is 2.53. The summed E-state index contributed by atoms with van der Waals surface area (Å²) >= 11 is 0. The maximum atomic E-state index is 12.4. The van der Waals surface area contributed by atoms with E-state index in [0.29, 0.717) is 19.3 Å². The van der Waals surface area contributed by atoms with Crippen LogP contribution in [0.1, 0.15) is 65.7 Å². The van der Waals surface area contributed by atoms with Gasteiger partial charge in [-0.3, -0.25) is 9.59 Å². The first kappa shape index (κ1) is 24.1. The molecule has 0 spiro atoms. The predicted molar refractivity (Wildman–Crippen MR) is 104 cm³/mol. The monoisotopic (exact) mass is 416 g/mol. The molecule has 2 saturated heterocycles. The van der Waals surface area contributed by atoms with Gasteiger partial charge in [0.25, 0.3) is 0 Å². The van der Waals surface area contributed by atoms with Crippen LogP contribution in [0.5, 0.6) is 0 Å². The summed E-state index contributed by atoms with van der Waals surface area (Å²) in [6, 6.07) is 0. The Morgan fingerprint density at radius 2 is 1.97 bits per heavy atom. The third-order valence-corrected chi connectivity index (χ3v) is 6.80. The normalized spacial score (nSPS) is 30.9. The Hall–Kier alpha value is -1.22. The molecule has 0 aromatic carbocycles. The molecule has 6 atom stereocenters. The van der Waals surface area contributed by atoms with E-state index in [9.17, 15) is 24.9 Å². The van der Waals surface area contributed by atoms with Crippen molar-refractivity contribution < 1.29 is 39.5 Å². The molecule has 8 heteroatoms. The number of carbonyl (C=O) groups excluding carboxylic acids is 1. The molecule has 168 valence electrons. The zero-order valence-corrected chi connectivity index (χ0v) is 17.7. The van der Waals surface area contributed by atoms with Gasteiger partial charge in [0.15, 0.2) is 0 Å². The first-order valence-corrected chi connectivity index (χ1v) is 10.6. The summed E-state index contributed by atoms with van der Waals surface area (Å²) < 4.78 is 11.8. The summed E-state index contributed by atoms with van der Waals surface area (Å²) in [6.07, 6.45) is 0.625. The predicted octanol–water partition coefficient (Wildman–Crippen LogP) is 1.49. The van der Waals surface area contributed by atoms with Crippen molar-refractivity contribution in [1.82, 2.24) is 0 Å². The summed E-state index contributed by atoms with van der Waals surface area (Å²) in [5, 5.41) is 38.6. The minimum absolute atomic E-state index is 0.0143. The van der Waals surface area contributed by atoms with Crippen molar-refractivity contribution in [2.75, 3.05) is 13.2 Å². The zero-order valence-electron chi connectivity index (χ0n) is 17.7. The number of aliphatic hydroxyl groups excluding tert-OH is 3. The Bertz CT molecular complexity index is 577. The lowest BCUT2D eigenvalue weighted by Gasteiger charge is -2.36. The molecular weight excluding hydrogens is 380 g/mol. The van der Waals surface area contributed by atoms with E-state index in [1.54, 1.807) is 0 Å². The fourth-order valence-corrected chi connectivity index (χ4v) is 4.55. The number of carbonyl (C=O) groups is 2. The lowest BCUT2D eigenvalue weighted by atomic mass is 9.70. The van der Waals surface area contributed by atoms with E-state index in [0.717, 1.165) is 12.8 Å². The second-order valence-electron chi connectivity index (χ2n) is 9.23. The minimum atomic E-state index is -1.11. The number of hydrogen-bond donors (Lipinski definition) is 4. The first-order valence-electron chi connectivity index (χ1n) is 10.6. The molecule has 2 fully saturated rings. The molecule has 0 aromatic rings. The highest BCUT2D eigenvalue weighted by atomic mass is 16.5. The SMILES string of the molecule is CCC(C)(C)C(=O)OC[C@H]1[C@@H](CO)[C@@H]2CC[C@@]1(CC[C@@H](O)C[C@@H](O)CC(=O)O)O2. The quantitative estimate of drug-likeness (QED) is 0.352. The molecule has 0 unspecified atom stereocenters. The highest BCUT2D eigenvalue weighted by molar-refractivity contribution is 5.75. The van der Waals surface area contributed by atoms with Crippen LogP contribution in [-0.4, -0.2) is 69.5 Å². The number of carboxylic acids is 1. The van der Waals surface area contributed by atoms with Crippen molar-refractivity contribution in [1.29, 1.82) is 0 Å². The van der Waals surface area contributed by atoms with E-state index in [2.05, 4.69) is 0 Å². The van der Waals surface area contributed by atoms with Gasteiger partial charge in [0.1, 0.15) is 0 Å². The van der Waals surface area contributed by atoms with Gasteiger partial charge >= 0.3 is 11.9 Å². The number of rotatable bonds is 12. The molecule has 29 heavy (non-hydrogen) atoms. The van der Waals surface area contributed by atoms with Crippen LogP contribution in [-0.2, 0) is 19.1 Å². The van der Waals surface area contributed by atoms with Crippen molar-refractivity contribution in [2.45, 2.75) is 89.6 Å². The molecule has 2 heterocycles. The molecule has 0 radical (unpaired) electrons. The fourth-order valence-electron chi connectivity index (χ4n) is 4.55. The molecule has 0 aliphatic carbocycles. The minimum Gasteiger partial charge on any atom is -0.481 e. The van der Waals surface area contributed by atoms with Crippen LogP contribution in [0.15, 0.2) is 0 Å². The lowest BCUT2D eigenvalue weighted by Crippen LogP contribution is -2.43. The smallest absolute Gasteiger partial charge is 0.311 e. The third kappa shape index (κ3) is 5.69. The maximum Gasteiger partial charge on any atom is 0.311 e. The second kappa shape index (κ2) is 9.73. The highest BCUT2D eigenvalue weighted by Gasteiger charge is 2.59. The average Bonchev–Trinajstić information content (AvgIpc) is 3.19. The van der Waals surface area contributed by atoms with Crippen LogP contribution in [0.3, 0.4) is 0 Å². The van der Waals surface area contributed by atoms with Gasteiger partial charge < -0.3 is 29.9 Å². The summed E-state index contributed by atoms with van der Waals surface area (Å²) in [7, 11) is 0. The van der Waals surface area contributed by atoms with E-state index in [1.165, 1.54) is 0 Å². The third-order valence-electron chi connectivity index (χ3n) is 6.80. The van der Waals surface area contributed by atoms with E-state index in [-0.39, 0.29) is 43.5 Å². The number of aliphatic hydroxyl groups is 3. The van der Waals surface area contributed by atoms with Crippen molar-refractivity contribution >= 4 is 11.9 Å². The van der Waals surface area contributed by atoms with Gasteiger partial charge in [-0.2, -0.15) is 0 Å². The van der Waals surface area contributed by atoms with Crippen LogP contribution >= 0.6 is 0 Å². The number of carboxylic acid groups (broad SMARTS) is 1. The summed E-state index contributed by atoms with van der Waals surface area (Å²) in [5.41, 5.74) is -1.15. The number of aliphatic carboxylic acids is 1. The van der Waals surface area contributed by atoms with Crippen molar-refractivity contribution in [3.05, 3.63) is 0 Å². The molecular formula is C21H36O8. The summed E-state index contributed by atoms with van der Waals surface area (Å²) in [6.45, 7) is 5.73. The average molecular weight is 417 g/mol. The second-order valence-corrected chi connectivity index (χ2v) is 9.23. The molecule has 4 N–H and O–H groups in total. The van der Waals surface area contributed by atoms with Gasteiger partial charge in [-0.25, -0.2) is 0 Å². The standard InChI is InChI=1S/C21H36O8/c1-4-20(2,3)19(27)28-12-16-15(11-22)17-6-8-21(16,29-17)7-5-13(23)9-14(24)10-18(25)26/h13-17,22-24H,4-12H2,1-3H3,(H,25,26)/t13-,14-,15-,16+,17+,21-/m1/s1. The molecule has 8 nitrogen and oxygen atoms in total. The van der Waals surface area contributed by atoms with E-state index in [1.807, 2.05) is 20.8 Å². The van der Waals surface area contributed by atoms with Crippen LogP contribution in [0, 0.1) is 17.3 Å². The van der Waals surface area contributed by atoms with Gasteiger partial charge in [-0.05, 0) is 52.4 Å². The van der Waals surface area contributed by atoms with Crippen molar-refractivity contribution in [3.8, 4) is 0 Å². The van der Waals surface area contributed by atoms with Gasteiger partial charge in [0.2, 0.25) is 0 Å². The Balaban J connectivity index is 1.98. The van der Waals surface area contributed by atoms with Crippen LogP contribution in [0.2, 0.25) is 0 Å². The molecule has 0 amide bonds. The molecule has 2 bridgehead atoms. The van der Waals surface area contributed by atoms with Gasteiger partial charge in [0, 0.05) is 18.4 Å². The van der Waals surface area contributed by atoms with Crippen LogP contribution in [0.4, 0.5) is 0 Å². The molecule has 0 aromatic heterocycles. The van der Waals surface area contributed by atoms with Gasteiger partial charge in [-0.15, -0.1) is 0 Å². The van der Waals surface area contributed by atoms with E-state index in [4.69, 9.17) is 14.6 Å². The zero-order chi connectivity index (χ0) is 21.8. The summed E-state index contributed by atoms with van der Waals surface area (Å²) in [5.74, 6) is -1.65. The largest absolute Gasteiger partial charge is 0.481 e. The van der Waals surface area contributed by atoms with E-state index < -0.39 is 35.6 Å². The maximum absolute atomic E-state index is 12.4. The van der Waals surface area contributed by atoms with Gasteiger partial charge in [0.05, 0.1) is 42.4 Å². The number of fused-ring (bicyclic) bond motifs is 2. The number of esters is 1.